The maximum absolute atomic E-state index is 13.0. The van der Waals surface area contributed by atoms with Crippen molar-refractivity contribution in [3.8, 4) is 0 Å². The van der Waals surface area contributed by atoms with Crippen molar-refractivity contribution in [2.75, 3.05) is 0 Å². The Balaban J connectivity index is 5.46. The van der Waals surface area contributed by atoms with E-state index in [0.717, 1.165) is 19.3 Å². The Hall–Kier alpha value is -3.77. The van der Waals surface area contributed by atoms with Crippen LogP contribution in [0.1, 0.15) is 132 Å². The first-order valence-corrected chi connectivity index (χ1v) is 16.5. The lowest BCUT2D eigenvalue weighted by Crippen LogP contribution is -2.47. The minimum absolute atomic E-state index is 0.0401. The Morgan fingerprint density at radius 2 is 0.702 bits per heavy atom. The lowest BCUT2D eigenvalue weighted by atomic mass is 10.00. The second-order valence-electron chi connectivity index (χ2n) is 13.0. The molecule has 5 unspecified atom stereocenters. The highest BCUT2D eigenvalue weighted by molar-refractivity contribution is 5.87. The smallest absolute Gasteiger partial charge is 0.222 e. The van der Waals surface area contributed by atoms with E-state index in [4.69, 9.17) is 0 Å². The summed E-state index contributed by atoms with van der Waals surface area (Å²) < 4.78 is 0. The number of rotatable bonds is 26. The van der Waals surface area contributed by atoms with Crippen LogP contribution in [-0.4, -0.2) is 76.7 Å². The summed E-state index contributed by atoms with van der Waals surface area (Å²) >= 11 is 0. The van der Waals surface area contributed by atoms with Crippen LogP contribution in [0.3, 0.4) is 0 Å². The molecule has 0 heterocycles. The van der Waals surface area contributed by atoms with E-state index < -0.39 is 41.8 Å². The highest BCUT2D eigenvalue weighted by Crippen LogP contribution is 2.12. The number of unbranched alkanes of at least 4 members (excludes halogenated alkanes) is 2. The van der Waals surface area contributed by atoms with E-state index >= 15 is 0 Å². The summed E-state index contributed by atoms with van der Waals surface area (Å²) in [7, 11) is 0. The van der Waals surface area contributed by atoms with Gasteiger partial charge in [0.15, 0.2) is 0 Å². The lowest BCUT2D eigenvalue weighted by Gasteiger charge is -2.23. The maximum Gasteiger partial charge on any atom is 0.222 e. The van der Waals surface area contributed by atoms with Gasteiger partial charge in [-0.1, -0.05) is 33.1 Å². The normalized spacial score (nSPS) is 14.0. The number of carbonyl (C=O) groups is 9. The Morgan fingerprint density at radius 3 is 1.02 bits per heavy atom. The van der Waals surface area contributed by atoms with Crippen molar-refractivity contribution in [1.29, 1.82) is 0 Å². The van der Waals surface area contributed by atoms with E-state index in [1.807, 2.05) is 6.92 Å². The number of nitrogens with one attached hydrogen (secondary N) is 4. The number of hydrogen-bond donors (Lipinski definition) is 4. The largest absolute Gasteiger partial charge is 0.353 e. The van der Waals surface area contributed by atoms with Gasteiger partial charge in [0.1, 0.15) is 28.9 Å². The summed E-state index contributed by atoms with van der Waals surface area (Å²) in [6.07, 6.45) is 2.65. The van der Waals surface area contributed by atoms with Crippen molar-refractivity contribution in [1.82, 2.24) is 21.3 Å². The molecule has 0 bridgehead atoms. The molecule has 0 saturated heterocycles. The molecule has 0 rings (SSSR count). The fourth-order valence-corrected chi connectivity index (χ4v) is 5.47. The van der Waals surface area contributed by atoms with Gasteiger partial charge in [-0.25, -0.2) is 0 Å². The van der Waals surface area contributed by atoms with Crippen LogP contribution >= 0.6 is 0 Å². The molecule has 47 heavy (non-hydrogen) atoms. The zero-order chi connectivity index (χ0) is 36.1. The van der Waals surface area contributed by atoms with Crippen molar-refractivity contribution >= 4 is 52.5 Å². The molecule has 4 N–H and O–H groups in total. The number of carbonyl (C=O) groups excluding carboxylic acids is 9. The summed E-state index contributed by atoms with van der Waals surface area (Å²) in [5.74, 6) is -3.15. The molecule has 5 atom stereocenters. The Morgan fingerprint density at radius 1 is 0.404 bits per heavy atom. The fourth-order valence-electron chi connectivity index (χ4n) is 5.47. The molecule has 0 aromatic heterocycles. The number of amides is 4. The van der Waals surface area contributed by atoms with Gasteiger partial charge in [0.25, 0.3) is 0 Å². The molecule has 13 heteroatoms. The third-order valence-electron chi connectivity index (χ3n) is 7.22. The number of ketones is 5. The molecule has 266 valence electrons. The molecule has 0 radical (unpaired) electrons. The van der Waals surface area contributed by atoms with Crippen LogP contribution in [0.25, 0.3) is 0 Å². The summed E-state index contributed by atoms with van der Waals surface area (Å²) in [6, 6.07) is -2.95. The van der Waals surface area contributed by atoms with Crippen LogP contribution < -0.4 is 21.3 Å². The molecule has 0 aliphatic heterocycles. The topological polar surface area (TPSA) is 202 Å². The summed E-state index contributed by atoms with van der Waals surface area (Å²) in [4.78, 5) is 110. The van der Waals surface area contributed by atoms with Gasteiger partial charge < -0.3 is 26.1 Å². The fraction of sp³-hybridized carbons (Fsp3) is 0.735. The van der Waals surface area contributed by atoms with Gasteiger partial charge in [-0.05, 0) is 47.0 Å². The third kappa shape index (κ3) is 24.1. The van der Waals surface area contributed by atoms with Gasteiger partial charge in [-0.2, -0.15) is 0 Å². The molecule has 13 nitrogen and oxygen atoms in total. The monoisotopic (exact) mass is 664 g/mol. The van der Waals surface area contributed by atoms with Gasteiger partial charge in [0.2, 0.25) is 23.6 Å². The van der Waals surface area contributed by atoms with E-state index in [1.165, 1.54) is 34.6 Å². The van der Waals surface area contributed by atoms with Crippen LogP contribution in [0, 0.1) is 5.92 Å². The summed E-state index contributed by atoms with van der Waals surface area (Å²) in [6.45, 7) is 10.6. The van der Waals surface area contributed by atoms with Crippen LogP contribution in [0.4, 0.5) is 0 Å². The highest BCUT2D eigenvalue weighted by atomic mass is 16.2. The molecule has 0 aromatic carbocycles. The first kappa shape index (κ1) is 43.2. The van der Waals surface area contributed by atoms with Crippen LogP contribution in [-0.2, 0) is 43.2 Å². The Kier molecular flexibility index (Phi) is 21.6. The van der Waals surface area contributed by atoms with E-state index in [1.54, 1.807) is 6.92 Å². The zero-order valence-corrected chi connectivity index (χ0v) is 29.3. The SMILES string of the molecule is CCCCCC(CC(C)=O)NC(=O)CC(CC(C)=O)NC(=O)CC(CC(C)=O)NC(=O)CC(CC(C)=O)NC(=O)CC(C)CC(C)=O. The zero-order valence-electron chi connectivity index (χ0n) is 29.3. The lowest BCUT2D eigenvalue weighted by molar-refractivity contribution is -0.127. The van der Waals surface area contributed by atoms with Crippen molar-refractivity contribution < 1.29 is 43.2 Å². The van der Waals surface area contributed by atoms with Gasteiger partial charge >= 0.3 is 0 Å². The minimum Gasteiger partial charge on any atom is -0.353 e. The van der Waals surface area contributed by atoms with Crippen molar-refractivity contribution in [3.05, 3.63) is 0 Å². The van der Waals surface area contributed by atoms with E-state index in [2.05, 4.69) is 21.3 Å². The van der Waals surface area contributed by atoms with Crippen molar-refractivity contribution in [2.24, 2.45) is 5.92 Å². The molecule has 0 saturated carbocycles. The first-order valence-electron chi connectivity index (χ1n) is 16.5. The number of hydrogen-bond acceptors (Lipinski definition) is 9. The molecule has 0 spiro atoms. The predicted molar refractivity (Wildman–Crippen MR) is 176 cm³/mol. The van der Waals surface area contributed by atoms with Gasteiger partial charge in [-0.15, -0.1) is 0 Å². The van der Waals surface area contributed by atoms with Crippen LogP contribution in [0.2, 0.25) is 0 Å². The molecule has 0 fully saturated rings. The van der Waals surface area contributed by atoms with E-state index in [9.17, 15) is 43.2 Å². The van der Waals surface area contributed by atoms with Gasteiger partial charge in [0, 0.05) is 82.0 Å². The molecular formula is C34H56N4O9. The van der Waals surface area contributed by atoms with Crippen molar-refractivity contribution in [3.63, 3.8) is 0 Å². The van der Waals surface area contributed by atoms with Gasteiger partial charge in [-0.3, -0.25) is 38.4 Å². The van der Waals surface area contributed by atoms with Crippen molar-refractivity contribution in [2.45, 2.75) is 156 Å². The average molecular weight is 665 g/mol. The summed E-state index contributed by atoms with van der Waals surface area (Å²) in [5, 5.41) is 10.8. The Labute approximate surface area is 278 Å². The molecule has 0 aromatic rings. The molecule has 0 aliphatic rings. The molecular weight excluding hydrogens is 608 g/mol. The maximum atomic E-state index is 13.0. The van der Waals surface area contributed by atoms with E-state index in [0.29, 0.717) is 6.42 Å². The number of Topliss-reactive ketones (excluding diaryl/α,β-unsaturated/α-hetero) is 5. The average Bonchev–Trinajstić information content (AvgIpc) is 2.86. The van der Waals surface area contributed by atoms with Crippen LogP contribution in [0.5, 0.6) is 0 Å². The van der Waals surface area contributed by atoms with Crippen LogP contribution in [0.15, 0.2) is 0 Å². The predicted octanol–water partition coefficient (Wildman–Crippen LogP) is 2.60. The summed E-state index contributed by atoms with van der Waals surface area (Å²) in [5.41, 5.74) is 0. The standard InChI is InChI=1S/C34H56N4O9/c1-8-9-10-11-27(14-23(4)40)35-32(45)18-29(16-25(6)42)37-34(47)20-30(17-26(7)43)38-33(46)19-28(15-24(5)41)36-31(44)13-21(2)12-22(3)39/h21,27-30H,8-20H2,1-7H3,(H,35,45)(H,36,44)(H,37,47)(H,38,46). The molecule has 4 amide bonds. The second kappa shape index (κ2) is 23.5. The second-order valence-corrected chi connectivity index (χ2v) is 13.0. The quantitative estimate of drug-likeness (QED) is 0.100. The first-order chi connectivity index (χ1) is 21.9. The third-order valence-corrected chi connectivity index (χ3v) is 7.22. The minimum atomic E-state index is -0.922. The van der Waals surface area contributed by atoms with E-state index in [-0.39, 0.29) is 98.7 Å². The highest BCUT2D eigenvalue weighted by Gasteiger charge is 2.26. The molecule has 0 aliphatic carbocycles. The van der Waals surface area contributed by atoms with Gasteiger partial charge in [0.05, 0.1) is 0 Å². The Bertz CT molecular complexity index is 1120.